The number of phenols is 1. The highest BCUT2D eigenvalue weighted by atomic mass is 35.5. The molecule has 0 saturated heterocycles. The van der Waals surface area contributed by atoms with Crippen LogP contribution in [-0.4, -0.2) is 5.11 Å². The lowest BCUT2D eigenvalue weighted by Crippen LogP contribution is -1.91. The molecular formula is C10H12Cl2O. The predicted octanol–water partition coefficient (Wildman–Crippen LogP) is 3.91. The Balaban J connectivity index is 3.23. The molecule has 0 amide bonds. The third kappa shape index (κ3) is 2.09. The fraction of sp³-hybridized carbons (Fsp3) is 0.400. The van der Waals surface area contributed by atoms with Crippen LogP contribution >= 0.6 is 23.2 Å². The van der Waals surface area contributed by atoms with Crippen LogP contribution in [0.5, 0.6) is 5.75 Å². The summed E-state index contributed by atoms with van der Waals surface area (Å²) in [6.45, 7) is 4.06. The van der Waals surface area contributed by atoms with Crippen molar-refractivity contribution < 1.29 is 5.11 Å². The molecule has 0 radical (unpaired) electrons. The third-order valence-corrected chi connectivity index (χ3v) is 2.68. The van der Waals surface area contributed by atoms with E-state index < -0.39 is 0 Å². The third-order valence-electron chi connectivity index (χ3n) is 2.00. The smallest absolute Gasteiger partial charge is 0.138 e. The van der Waals surface area contributed by atoms with Crippen LogP contribution in [0.2, 0.25) is 5.02 Å². The van der Waals surface area contributed by atoms with Crippen molar-refractivity contribution in [1.29, 1.82) is 0 Å². The summed E-state index contributed by atoms with van der Waals surface area (Å²) in [5.74, 6) is 0.704. The van der Waals surface area contributed by atoms with E-state index in [1.165, 1.54) is 0 Å². The van der Waals surface area contributed by atoms with Crippen LogP contribution in [0.1, 0.15) is 30.9 Å². The van der Waals surface area contributed by atoms with Gasteiger partial charge in [0.1, 0.15) is 5.75 Å². The molecule has 0 fully saturated rings. The highest BCUT2D eigenvalue weighted by molar-refractivity contribution is 6.33. The maximum absolute atomic E-state index is 9.61. The minimum atomic E-state index is 0.114. The summed E-state index contributed by atoms with van der Waals surface area (Å²) in [7, 11) is 0. The van der Waals surface area contributed by atoms with Gasteiger partial charge in [0.2, 0.25) is 0 Å². The lowest BCUT2D eigenvalue weighted by atomic mass is 10.0. The Bertz CT molecular complexity index is 308. The van der Waals surface area contributed by atoms with Gasteiger partial charge < -0.3 is 5.11 Å². The van der Waals surface area contributed by atoms with E-state index in [1.54, 1.807) is 0 Å². The van der Waals surface area contributed by atoms with Crippen molar-refractivity contribution in [1.82, 2.24) is 0 Å². The minimum Gasteiger partial charge on any atom is -0.506 e. The number of alkyl halides is 1. The summed E-state index contributed by atoms with van der Waals surface area (Å²) in [4.78, 5) is 0. The molecule has 1 nitrogen and oxygen atoms in total. The lowest BCUT2D eigenvalue weighted by molar-refractivity contribution is 0.469. The monoisotopic (exact) mass is 218 g/mol. The van der Waals surface area contributed by atoms with Gasteiger partial charge in [-0.1, -0.05) is 37.6 Å². The zero-order chi connectivity index (χ0) is 10.0. The van der Waals surface area contributed by atoms with Crippen molar-refractivity contribution in [3.63, 3.8) is 0 Å². The van der Waals surface area contributed by atoms with Crippen molar-refractivity contribution in [3.8, 4) is 5.75 Å². The van der Waals surface area contributed by atoms with Crippen molar-refractivity contribution in [2.75, 3.05) is 0 Å². The summed E-state index contributed by atoms with van der Waals surface area (Å²) in [6, 6.07) is 3.72. The average molecular weight is 219 g/mol. The van der Waals surface area contributed by atoms with Crippen LogP contribution in [0, 0.1) is 0 Å². The first-order valence-electron chi connectivity index (χ1n) is 4.14. The second-order valence-corrected chi connectivity index (χ2v) is 3.91. The SMILES string of the molecule is CC(C)c1ccc(CCl)c(O)c1Cl. The van der Waals surface area contributed by atoms with E-state index in [9.17, 15) is 5.11 Å². The van der Waals surface area contributed by atoms with Crippen molar-refractivity contribution in [3.05, 3.63) is 28.3 Å². The molecule has 0 spiro atoms. The first-order chi connectivity index (χ1) is 6.07. The van der Waals surface area contributed by atoms with Gasteiger partial charge in [-0.25, -0.2) is 0 Å². The molecular weight excluding hydrogens is 207 g/mol. The molecule has 0 heterocycles. The number of rotatable bonds is 2. The van der Waals surface area contributed by atoms with Crippen LogP contribution in [0.25, 0.3) is 0 Å². The fourth-order valence-electron chi connectivity index (χ4n) is 1.17. The van der Waals surface area contributed by atoms with Gasteiger partial charge in [0.05, 0.1) is 10.9 Å². The highest BCUT2D eigenvalue weighted by Crippen LogP contribution is 2.35. The molecule has 72 valence electrons. The maximum Gasteiger partial charge on any atom is 0.138 e. The Morgan fingerprint density at radius 2 is 2.00 bits per heavy atom. The molecule has 0 aliphatic heterocycles. The molecule has 0 aliphatic rings. The number of halogens is 2. The van der Waals surface area contributed by atoms with E-state index in [-0.39, 0.29) is 11.6 Å². The van der Waals surface area contributed by atoms with Crippen LogP contribution < -0.4 is 0 Å². The Labute approximate surface area is 88.3 Å². The molecule has 13 heavy (non-hydrogen) atoms. The summed E-state index contributed by atoms with van der Waals surface area (Å²) in [5, 5.41) is 10.0. The predicted molar refractivity (Wildman–Crippen MR) is 56.8 cm³/mol. The van der Waals surface area contributed by atoms with Crippen LogP contribution in [0.3, 0.4) is 0 Å². The van der Waals surface area contributed by atoms with E-state index >= 15 is 0 Å². The summed E-state index contributed by atoms with van der Waals surface area (Å²) in [5.41, 5.74) is 1.63. The zero-order valence-electron chi connectivity index (χ0n) is 7.64. The molecule has 0 aromatic heterocycles. The van der Waals surface area contributed by atoms with E-state index in [4.69, 9.17) is 23.2 Å². The Hall–Kier alpha value is -0.400. The van der Waals surface area contributed by atoms with Crippen molar-refractivity contribution in [2.24, 2.45) is 0 Å². The lowest BCUT2D eigenvalue weighted by Gasteiger charge is -2.11. The molecule has 1 N–H and O–H groups in total. The number of benzene rings is 1. The van der Waals surface area contributed by atoms with Crippen LogP contribution in [0.15, 0.2) is 12.1 Å². The first-order valence-corrected chi connectivity index (χ1v) is 5.05. The zero-order valence-corrected chi connectivity index (χ0v) is 9.15. The molecule has 3 heteroatoms. The Morgan fingerprint density at radius 3 is 2.46 bits per heavy atom. The first kappa shape index (κ1) is 10.7. The largest absolute Gasteiger partial charge is 0.506 e. The summed E-state index contributed by atoms with van der Waals surface area (Å²) >= 11 is 11.6. The molecule has 1 aromatic rings. The van der Waals surface area contributed by atoms with Gasteiger partial charge in [-0.2, -0.15) is 0 Å². The molecule has 0 atom stereocenters. The second-order valence-electron chi connectivity index (χ2n) is 3.26. The van der Waals surface area contributed by atoms with Crippen molar-refractivity contribution in [2.45, 2.75) is 25.6 Å². The van der Waals surface area contributed by atoms with Gasteiger partial charge in [0.15, 0.2) is 0 Å². The van der Waals surface area contributed by atoms with Gasteiger partial charge in [-0.05, 0) is 11.5 Å². The molecule has 1 aromatic carbocycles. The van der Waals surface area contributed by atoms with Crippen LogP contribution in [-0.2, 0) is 5.88 Å². The Kier molecular flexibility index (Phi) is 3.46. The molecule has 1 rings (SSSR count). The summed E-state index contributed by atoms with van der Waals surface area (Å²) < 4.78 is 0. The topological polar surface area (TPSA) is 20.2 Å². The Morgan fingerprint density at radius 1 is 1.38 bits per heavy atom. The van der Waals surface area contributed by atoms with Gasteiger partial charge in [0, 0.05) is 5.56 Å². The molecule has 0 aliphatic carbocycles. The van der Waals surface area contributed by atoms with Gasteiger partial charge >= 0.3 is 0 Å². The number of hydrogen-bond acceptors (Lipinski definition) is 1. The van der Waals surface area contributed by atoms with Gasteiger partial charge in [-0.15, -0.1) is 11.6 Å². The highest BCUT2D eigenvalue weighted by Gasteiger charge is 2.11. The van der Waals surface area contributed by atoms with Crippen LogP contribution in [0.4, 0.5) is 0 Å². The summed E-state index contributed by atoms with van der Waals surface area (Å²) in [6.07, 6.45) is 0. The van der Waals surface area contributed by atoms with E-state index in [0.29, 0.717) is 16.5 Å². The number of phenolic OH excluding ortho intramolecular Hbond substituents is 1. The number of hydrogen-bond donors (Lipinski definition) is 1. The second kappa shape index (κ2) is 4.21. The van der Waals surface area contributed by atoms with E-state index in [0.717, 1.165) is 5.56 Å². The maximum atomic E-state index is 9.61. The quantitative estimate of drug-likeness (QED) is 0.747. The standard InChI is InChI=1S/C10H12Cl2O/c1-6(2)8-4-3-7(5-11)10(13)9(8)12/h3-4,6,13H,5H2,1-2H3. The molecule has 0 unspecified atom stereocenters. The van der Waals surface area contributed by atoms with Gasteiger partial charge in [-0.3, -0.25) is 0 Å². The fourth-order valence-corrected chi connectivity index (χ4v) is 1.79. The van der Waals surface area contributed by atoms with E-state index in [2.05, 4.69) is 0 Å². The van der Waals surface area contributed by atoms with E-state index in [1.807, 2.05) is 26.0 Å². The number of aromatic hydroxyl groups is 1. The normalized spacial score (nSPS) is 10.8. The molecule has 0 saturated carbocycles. The molecule has 0 bridgehead atoms. The van der Waals surface area contributed by atoms with Crippen molar-refractivity contribution >= 4 is 23.2 Å². The average Bonchev–Trinajstić information content (AvgIpc) is 2.09. The minimum absolute atomic E-state index is 0.114. The van der Waals surface area contributed by atoms with Gasteiger partial charge in [0.25, 0.3) is 0 Å².